The summed E-state index contributed by atoms with van der Waals surface area (Å²) in [5.41, 5.74) is -0.277. The first kappa shape index (κ1) is 13.1. The van der Waals surface area contributed by atoms with Crippen molar-refractivity contribution in [3.63, 3.8) is 0 Å². The number of esters is 1. The van der Waals surface area contributed by atoms with Crippen molar-refractivity contribution in [2.45, 2.75) is 13.8 Å². The molecule has 90 valence electrons. The van der Waals surface area contributed by atoms with Crippen LogP contribution in [0.15, 0.2) is 11.0 Å². The second-order valence-electron chi connectivity index (χ2n) is 4.39. The van der Waals surface area contributed by atoms with E-state index in [2.05, 4.69) is 4.74 Å². The lowest BCUT2D eigenvalue weighted by Gasteiger charge is -2.02. The van der Waals surface area contributed by atoms with E-state index in [4.69, 9.17) is 5.11 Å². The molecule has 1 aliphatic carbocycles. The van der Waals surface area contributed by atoms with Crippen LogP contribution in [0.25, 0.3) is 0 Å². The van der Waals surface area contributed by atoms with Gasteiger partial charge in [-0.3, -0.25) is 4.79 Å². The number of allylic oxidation sites excluding steroid dienone is 1. The van der Waals surface area contributed by atoms with Gasteiger partial charge in [0.1, 0.15) is 0 Å². The van der Waals surface area contributed by atoms with Crippen LogP contribution in [0.3, 0.4) is 0 Å². The molecule has 0 heterocycles. The zero-order chi connectivity index (χ0) is 12.5. The van der Waals surface area contributed by atoms with Crippen LogP contribution in [0.5, 0.6) is 0 Å². The topological polar surface area (TPSA) is 63.6 Å². The Balaban J connectivity index is 2.85. The summed E-state index contributed by atoms with van der Waals surface area (Å²) in [7, 11) is 1.32. The molecule has 0 spiro atoms. The Hall–Kier alpha value is -0.970. The van der Waals surface area contributed by atoms with Gasteiger partial charge in [-0.25, -0.2) is 4.79 Å². The number of rotatable bonds is 4. The molecule has 0 aromatic heterocycles. The maximum atomic E-state index is 11.3. The van der Waals surface area contributed by atoms with Gasteiger partial charge >= 0.3 is 11.9 Å². The first-order valence-electron chi connectivity index (χ1n) is 4.93. The van der Waals surface area contributed by atoms with E-state index in [1.807, 2.05) is 13.8 Å². The SMILES string of the molecule is COC(=O)/C(=C/C1C(C(=O)O)C1(C)C)SC. The predicted octanol–water partition coefficient (Wildman–Crippen LogP) is 1.76. The van der Waals surface area contributed by atoms with Gasteiger partial charge in [-0.05, 0) is 17.6 Å². The van der Waals surface area contributed by atoms with Gasteiger partial charge < -0.3 is 9.84 Å². The second kappa shape index (κ2) is 4.49. The van der Waals surface area contributed by atoms with Gasteiger partial charge in [-0.2, -0.15) is 0 Å². The molecule has 1 rings (SSSR count). The molecule has 0 aromatic carbocycles. The van der Waals surface area contributed by atoms with Gasteiger partial charge in [0.25, 0.3) is 0 Å². The molecule has 16 heavy (non-hydrogen) atoms. The molecule has 0 saturated heterocycles. The summed E-state index contributed by atoms with van der Waals surface area (Å²) in [6.07, 6.45) is 3.49. The predicted molar refractivity (Wildman–Crippen MR) is 62.0 cm³/mol. The highest BCUT2D eigenvalue weighted by Crippen LogP contribution is 2.59. The average molecular weight is 244 g/mol. The van der Waals surface area contributed by atoms with Gasteiger partial charge in [-0.1, -0.05) is 19.9 Å². The molecule has 0 bridgehead atoms. The first-order valence-corrected chi connectivity index (χ1v) is 6.15. The minimum atomic E-state index is -0.809. The lowest BCUT2D eigenvalue weighted by Crippen LogP contribution is -2.03. The summed E-state index contributed by atoms with van der Waals surface area (Å²) < 4.78 is 4.62. The zero-order valence-electron chi connectivity index (χ0n) is 9.81. The Morgan fingerprint density at radius 3 is 2.31 bits per heavy atom. The van der Waals surface area contributed by atoms with E-state index in [1.165, 1.54) is 18.9 Å². The van der Waals surface area contributed by atoms with E-state index in [0.29, 0.717) is 4.91 Å². The number of carboxylic acids is 1. The highest BCUT2D eigenvalue weighted by molar-refractivity contribution is 8.03. The number of carbonyl (C=O) groups excluding carboxylic acids is 1. The first-order chi connectivity index (χ1) is 7.36. The number of hydrogen-bond donors (Lipinski definition) is 1. The maximum Gasteiger partial charge on any atom is 0.343 e. The Morgan fingerprint density at radius 1 is 1.44 bits per heavy atom. The van der Waals surface area contributed by atoms with Crippen LogP contribution in [-0.2, 0) is 14.3 Å². The fourth-order valence-corrected chi connectivity index (χ4v) is 2.48. The monoisotopic (exact) mass is 244 g/mol. The van der Waals surface area contributed by atoms with Crippen molar-refractivity contribution in [2.24, 2.45) is 17.3 Å². The van der Waals surface area contributed by atoms with Crippen LogP contribution in [0, 0.1) is 17.3 Å². The minimum absolute atomic E-state index is 0.0912. The molecule has 1 N–H and O–H groups in total. The number of methoxy groups -OCH3 is 1. The number of carbonyl (C=O) groups is 2. The molecule has 0 aliphatic heterocycles. The fraction of sp³-hybridized carbons (Fsp3) is 0.636. The summed E-state index contributed by atoms with van der Waals surface area (Å²) in [5.74, 6) is -1.71. The molecule has 2 unspecified atom stereocenters. The molecule has 4 nitrogen and oxygen atoms in total. The standard InChI is InChI=1S/C11H16O4S/c1-11(2)6(8(11)9(12)13)5-7(16-4)10(14)15-3/h5-6,8H,1-4H3,(H,12,13)/b7-5-. The van der Waals surface area contributed by atoms with Crippen LogP contribution in [0.2, 0.25) is 0 Å². The average Bonchev–Trinajstić information content (AvgIpc) is 2.75. The molecule has 0 radical (unpaired) electrons. The molecule has 5 heteroatoms. The lowest BCUT2D eigenvalue weighted by molar-refractivity contribution is -0.139. The quantitative estimate of drug-likeness (QED) is 0.603. The van der Waals surface area contributed by atoms with Crippen molar-refractivity contribution in [2.75, 3.05) is 13.4 Å². The molecule has 1 saturated carbocycles. The third-order valence-corrected chi connectivity index (χ3v) is 3.86. The van der Waals surface area contributed by atoms with E-state index in [-0.39, 0.29) is 11.3 Å². The van der Waals surface area contributed by atoms with E-state index in [9.17, 15) is 9.59 Å². The maximum absolute atomic E-state index is 11.3. The Kier molecular flexibility index (Phi) is 3.68. The van der Waals surface area contributed by atoms with Crippen LogP contribution in [0.4, 0.5) is 0 Å². The van der Waals surface area contributed by atoms with Crippen molar-refractivity contribution in [1.29, 1.82) is 0 Å². The number of aliphatic carboxylic acids is 1. The number of carboxylic acid groups (broad SMARTS) is 1. The van der Waals surface area contributed by atoms with Crippen LogP contribution in [-0.4, -0.2) is 30.4 Å². The van der Waals surface area contributed by atoms with E-state index in [0.717, 1.165) is 0 Å². The third-order valence-electron chi connectivity index (χ3n) is 3.11. The summed E-state index contributed by atoms with van der Waals surface area (Å²) >= 11 is 1.28. The third kappa shape index (κ3) is 2.24. The smallest absolute Gasteiger partial charge is 0.343 e. The molecule has 1 aliphatic rings. The van der Waals surface area contributed by atoms with Crippen molar-refractivity contribution in [3.05, 3.63) is 11.0 Å². The summed E-state index contributed by atoms with van der Waals surface area (Å²) in [4.78, 5) is 22.8. The summed E-state index contributed by atoms with van der Waals surface area (Å²) in [6.45, 7) is 3.78. The van der Waals surface area contributed by atoms with Gasteiger partial charge in [0.05, 0.1) is 17.9 Å². The molecular weight excluding hydrogens is 228 g/mol. The van der Waals surface area contributed by atoms with Gasteiger partial charge in [0.15, 0.2) is 0 Å². The lowest BCUT2D eigenvalue weighted by atomic mass is 10.1. The molecule has 1 fully saturated rings. The van der Waals surface area contributed by atoms with Gasteiger partial charge in [-0.15, -0.1) is 11.8 Å². The molecule has 2 atom stereocenters. The minimum Gasteiger partial charge on any atom is -0.481 e. The van der Waals surface area contributed by atoms with E-state index < -0.39 is 17.9 Å². The summed E-state index contributed by atoms with van der Waals surface area (Å²) in [6, 6.07) is 0. The summed E-state index contributed by atoms with van der Waals surface area (Å²) in [5, 5.41) is 8.99. The highest BCUT2D eigenvalue weighted by atomic mass is 32.2. The largest absolute Gasteiger partial charge is 0.481 e. The molecular formula is C11H16O4S. The van der Waals surface area contributed by atoms with Gasteiger partial charge in [0, 0.05) is 0 Å². The fourth-order valence-electron chi connectivity index (χ4n) is 1.94. The van der Waals surface area contributed by atoms with Crippen molar-refractivity contribution in [3.8, 4) is 0 Å². The number of thioether (sulfide) groups is 1. The number of hydrogen-bond acceptors (Lipinski definition) is 4. The Morgan fingerprint density at radius 2 is 2.00 bits per heavy atom. The Labute approximate surface area is 99.0 Å². The molecule has 0 aromatic rings. The van der Waals surface area contributed by atoms with Gasteiger partial charge in [0.2, 0.25) is 0 Å². The van der Waals surface area contributed by atoms with Crippen molar-refractivity contribution < 1.29 is 19.4 Å². The van der Waals surface area contributed by atoms with E-state index >= 15 is 0 Å². The molecule has 0 amide bonds. The van der Waals surface area contributed by atoms with E-state index in [1.54, 1.807) is 12.3 Å². The Bertz CT molecular complexity index is 346. The second-order valence-corrected chi connectivity index (χ2v) is 5.24. The number of ether oxygens (including phenoxy) is 1. The van der Waals surface area contributed by atoms with Crippen LogP contribution >= 0.6 is 11.8 Å². The zero-order valence-corrected chi connectivity index (χ0v) is 10.6. The normalized spacial score (nSPS) is 27.4. The van der Waals surface area contributed by atoms with Crippen LogP contribution in [0.1, 0.15) is 13.8 Å². The van der Waals surface area contributed by atoms with Crippen LogP contribution < -0.4 is 0 Å². The van der Waals surface area contributed by atoms with Crippen molar-refractivity contribution >= 4 is 23.7 Å². The highest BCUT2D eigenvalue weighted by Gasteiger charge is 2.61. The van der Waals surface area contributed by atoms with Crippen molar-refractivity contribution in [1.82, 2.24) is 0 Å².